The van der Waals surface area contributed by atoms with Crippen LogP contribution in [0.4, 0.5) is 0 Å². The van der Waals surface area contributed by atoms with Crippen LogP contribution in [0, 0.1) is 0 Å². The van der Waals surface area contributed by atoms with Gasteiger partial charge in [0.25, 0.3) is 0 Å². The fourth-order valence-electron chi connectivity index (χ4n) is 2.55. The highest BCUT2D eigenvalue weighted by atomic mass is 35.5. The quantitative estimate of drug-likeness (QED) is 0.718. The molecule has 23 heavy (non-hydrogen) atoms. The monoisotopic (exact) mass is 360 g/mol. The summed E-state index contributed by atoms with van der Waals surface area (Å²) in [5.74, 6) is 0.569. The normalized spacial score (nSPS) is 16.0. The molecule has 0 radical (unpaired) electrons. The van der Waals surface area contributed by atoms with Crippen LogP contribution in [-0.2, 0) is 11.3 Å². The Morgan fingerprint density at radius 2 is 1.87 bits per heavy atom. The molecule has 1 N–H and O–H groups in total. The van der Waals surface area contributed by atoms with E-state index in [1.165, 1.54) is 0 Å². The summed E-state index contributed by atoms with van der Waals surface area (Å²) in [5.41, 5.74) is 1.07. The lowest BCUT2D eigenvalue weighted by molar-refractivity contribution is 0.0374. The van der Waals surface area contributed by atoms with Gasteiger partial charge in [0.15, 0.2) is 5.75 Å². The molecule has 0 unspecified atom stereocenters. The summed E-state index contributed by atoms with van der Waals surface area (Å²) in [6.07, 6.45) is 1.17. The standard InChI is InChI=1S/C17H26Cl2N2O2/c1-13(2)23-17-15(18)10-14(11-16(17)19)12-20-4-3-5-21-6-8-22-9-7-21/h10-11,13,20H,3-9,12H2,1-2H3. The van der Waals surface area contributed by atoms with Crippen molar-refractivity contribution in [3.8, 4) is 5.75 Å². The van der Waals surface area contributed by atoms with E-state index in [4.69, 9.17) is 32.7 Å². The molecule has 130 valence electrons. The Morgan fingerprint density at radius 1 is 1.22 bits per heavy atom. The summed E-state index contributed by atoms with van der Waals surface area (Å²) >= 11 is 12.5. The van der Waals surface area contributed by atoms with Gasteiger partial charge in [-0.25, -0.2) is 0 Å². The Balaban J connectivity index is 1.73. The van der Waals surface area contributed by atoms with E-state index in [9.17, 15) is 0 Å². The van der Waals surface area contributed by atoms with E-state index < -0.39 is 0 Å². The van der Waals surface area contributed by atoms with Crippen LogP contribution in [0.2, 0.25) is 10.0 Å². The zero-order chi connectivity index (χ0) is 16.7. The molecule has 1 aromatic rings. The first kappa shape index (κ1) is 18.8. The van der Waals surface area contributed by atoms with Gasteiger partial charge in [0.05, 0.1) is 29.4 Å². The van der Waals surface area contributed by atoms with Gasteiger partial charge >= 0.3 is 0 Å². The molecule has 0 bridgehead atoms. The highest BCUT2D eigenvalue weighted by Gasteiger charge is 2.12. The third-order valence-corrected chi connectivity index (χ3v) is 4.23. The number of halogens is 2. The predicted molar refractivity (Wildman–Crippen MR) is 95.8 cm³/mol. The van der Waals surface area contributed by atoms with E-state index in [-0.39, 0.29) is 6.10 Å². The van der Waals surface area contributed by atoms with Crippen molar-refractivity contribution in [2.75, 3.05) is 39.4 Å². The van der Waals surface area contributed by atoms with E-state index in [1.807, 2.05) is 26.0 Å². The van der Waals surface area contributed by atoms with E-state index in [0.29, 0.717) is 15.8 Å². The number of ether oxygens (including phenoxy) is 2. The number of nitrogens with one attached hydrogen (secondary N) is 1. The average Bonchev–Trinajstić information content (AvgIpc) is 2.51. The van der Waals surface area contributed by atoms with Crippen molar-refractivity contribution in [2.45, 2.75) is 32.9 Å². The Morgan fingerprint density at radius 3 is 2.48 bits per heavy atom. The van der Waals surface area contributed by atoms with Crippen molar-refractivity contribution < 1.29 is 9.47 Å². The maximum Gasteiger partial charge on any atom is 0.156 e. The molecular weight excluding hydrogens is 335 g/mol. The van der Waals surface area contributed by atoms with Gasteiger partial charge < -0.3 is 14.8 Å². The number of hydrogen-bond donors (Lipinski definition) is 1. The molecule has 1 saturated heterocycles. The lowest BCUT2D eigenvalue weighted by atomic mass is 10.2. The van der Waals surface area contributed by atoms with Crippen LogP contribution in [0.15, 0.2) is 12.1 Å². The molecule has 1 aliphatic rings. The van der Waals surface area contributed by atoms with E-state index in [0.717, 1.165) is 57.9 Å². The number of nitrogens with zero attached hydrogens (tertiary/aromatic N) is 1. The lowest BCUT2D eigenvalue weighted by Gasteiger charge is -2.26. The van der Waals surface area contributed by atoms with Gasteiger partial charge in [-0.1, -0.05) is 23.2 Å². The highest BCUT2D eigenvalue weighted by Crippen LogP contribution is 2.34. The summed E-state index contributed by atoms with van der Waals surface area (Å²) in [5, 5.41) is 4.57. The maximum atomic E-state index is 6.26. The Bertz CT molecular complexity index is 468. The third-order valence-electron chi connectivity index (χ3n) is 3.67. The maximum absolute atomic E-state index is 6.26. The van der Waals surface area contributed by atoms with Gasteiger partial charge in [-0.3, -0.25) is 4.90 Å². The van der Waals surface area contributed by atoms with Crippen molar-refractivity contribution >= 4 is 23.2 Å². The fourth-order valence-corrected chi connectivity index (χ4v) is 3.17. The number of hydrogen-bond acceptors (Lipinski definition) is 4. The van der Waals surface area contributed by atoms with Crippen LogP contribution in [-0.4, -0.2) is 50.4 Å². The van der Waals surface area contributed by atoms with Gasteiger partial charge in [0.1, 0.15) is 0 Å². The molecule has 0 atom stereocenters. The van der Waals surface area contributed by atoms with Crippen LogP contribution in [0.1, 0.15) is 25.8 Å². The molecule has 0 aliphatic carbocycles. The topological polar surface area (TPSA) is 33.7 Å². The summed E-state index contributed by atoms with van der Waals surface area (Å²) < 4.78 is 11.0. The van der Waals surface area contributed by atoms with E-state index in [1.54, 1.807) is 0 Å². The van der Waals surface area contributed by atoms with Gasteiger partial charge in [-0.15, -0.1) is 0 Å². The zero-order valence-corrected chi connectivity index (χ0v) is 15.4. The molecular formula is C17H26Cl2N2O2. The van der Waals surface area contributed by atoms with Crippen LogP contribution in [0.3, 0.4) is 0 Å². The smallest absolute Gasteiger partial charge is 0.156 e. The second kappa shape index (κ2) is 9.70. The number of rotatable bonds is 8. The molecule has 0 spiro atoms. The van der Waals surface area contributed by atoms with E-state index in [2.05, 4.69) is 10.2 Å². The molecule has 1 fully saturated rings. The van der Waals surface area contributed by atoms with Crippen molar-refractivity contribution in [3.05, 3.63) is 27.7 Å². The van der Waals surface area contributed by atoms with E-state index >= 15 is 0 Å². The first-order valence-corrected chi connectivity index (χ1v) is 8.97. The first-order valence-electron chi connectivity index (χ1n) is 8.21. The molecule has 6 heteroatoms. The number of morpholine rings is 1. The minimum absolute atomic E-state index is 0.0502. The average molecular weight is 361 g/mol. The van der Waals surface area contributed by atoms with Crippen molar-refractivity contribution in [2.24, 2.45) is 0 Å². The Labute approximate surface area is 149 Å². The van der Waals surface area contributed by atoms with Gasteiger partial charge in [0.2, 0.25) is 0 Å². The fraction of sp³-hybridized carbons (Fsp3) is 0.647. The summed E-state index contributed by atoms with van der Waals surface area (Å²) in [6, 6.07) is 3.83. The zero-order valence-electron chi connectivity index (χ0n) is 13.9. The van der Waals surface area contributed by atoms with Crippen LogP contribution >= 0.6 is 23.2 Å². The minimum atomic E-state index is 0.0502. The molecule has 4 nitrogen and oxygen atoms in total. The minimum Gasteiger partial charge on any atom is -0.488 e. The second-order valence-corrected chi connectivity index (χ2v) is 6.85. The molecule has 0 aromatic heterocycles. The van der Waals surface area contributed by atoms with Gasteiger partial charge in [0, 0.05) is 19.6 Å². The van der Waals surface area contributed by atoms with Gasteiger partial charge in [-0.05, 0) is 51.1 Å². The SMILES string of the molecule is CC(C)Oc1c(Cl)cc(CNCCCN2CCOCC2)cc1Cl. The summed E-state index contributed by atoms with van der Waals surface area (Å²) in [7, 11) is 0. The van der Waals surface area contributed by atoms with Gasteiger partial charge in [-0.2, -0.15) is 0 Å². The van der Waals surface area contributed by atoms with Crippen molar-refractivity contribution in [1.82, 2.24) is 10.2 Å². The third kappa shape index (κ3) is 6.48. The largest absolute Gasteiger partial charge is 0.488 e. The van der Waals surface area contributed by atoms with Crippen LogP contribution in [0.5, 0.6) is 5.75 Å². The summed E-state index contributed by atoms with van der Waals surface area (Å²) in [6.45, 7) is 10.5. The number of benzene rings is 1. The molecule has 1 aliphatic heterocycles. The van der Waals surface area contributed by atoms with Crippen molar-refractivity contribution in [3.63, 3.8) is 0 Å². The summed E-state index contributed by atoms with van der Waals surface area (Å²) in [4.78, 5) is 2.44. The Hall–Kier alpha value is -0.520. The molecule has 2 rings (SSSR count). The lowest BCUT2D eigenvalue weighted by Crippen LogP contribution is -2.37. The van der Waals surface area contributed by atoms with Crippen LogP contribution in [0.25, 0.3) is 0 Å². The Kier molecular flexibility index (Phi) is 7.93. The van der Waals surface area contributed by atoms with Crippen molar-refractivity contribution in [1.29, 1.82) is 0 Å². The molecule has 0 amide bonds. The predicted octanol–water partition coefficient (Wildman–Crippen LogP) is 3.59. The van der Waals surface area contributed by atoms with Crippen LogP contribution < -0.4 is 10.1 Å². The first-order chi connectivity index (χ1) is 11.1. The highest BCUT2D eigenvalue weighted by molar-refractivity contribution is 6.37. The second-order valence-electron chi connectivity index (χ2n) is 6.04. The molecule has 1 aromatic carbocycles. The molecule has 0 saturated carbocycles. The molecule has 1 heterocycles.